The lowest BCUT2D eigenvalue weighted by molar-refractivity contribution is -0.0994. The minimum atomic E-state index is -0.387. The summed E-state index contributed by atoms with van der Waals surface area (Å²) in [5.74, 6) is 0. The SMILES string of the molecule is COC1(CC(O)c2ccc(Br)s2)CCC1. The lowest BCUT2D eigenvalue weighted by atomic mass is 9.76. The molecule has 1 aromatic rings. The number of hydrogen-bond donors (Lipinski definition) is 1. The molecule has 0 radical (unpaired) electrons. The van der Waals surface area contributed by atoms with Gasteiger partial charge < -0.3 is 9.84 Å². The van der Waals surface area contributed by atoms with Gasteiger partial charge in [0.25, 0.3) is 0 Å². The van der Waals surface area contributed by atoms with Crippen molar-refractivity contribution in [1.29, 1.82) is 0 Å². The minimum Gasteiger partial charge on any atom is -0.387 e. The minimum absolute atomic E-state index is 0.0596. The molecule has 84 valence electrons. The Balaban J connectivity index is 1.99. The van der Waals surface area contributed by atoms with Gasteiger partial charge in [-0.05, 0) is 47.3 Å². The van der Waals surface area contributed by atoms with E-state index in [2.05, 4.69) is 15.9 Å². The third-order valence-electron chi connectivity index (χ3n) is 3.19. The zero-order valence-corrected chi connectivity index (χ0v) is 11.1. The highest BCUT2D eigenvalue weighted by Gasteiger charge is 2.39. The van der Waals surface area contributed by atoms with Crippen LogP contribution in [0.2, 0.25) is 0 Å². The van der Waals surface area contributed by atoms with Gasteiger partial charge in [-0.2, -0.15) is 0 Å². The number of halogens is 1. The molecule has 1 heterocycles. The van der Waals surface area contributed by atoms with Gasteiger partial charge in [-0.15, -0.1) is 11.3 Å². The Morgan fingerprint density at radius 1 is 1.60 bits per heavy atom. The molecule has 1 N–H and O–H groups in total. The first-order chi connectivity index (χ1) is 7.15. The fourth-order valence-electron chi connectivity index (χ4n) is 2.02. The maximum absolute atomic E-state index is 10.1. The van der Waals surface area contributed by atoms with E-state index in [4.69, 9.17) is 4.74 Å². The molecule has 0 saturated heterocycles. The van der Waals surface area contributed by atoms with Crippen molar-refractivity contribution in [2.24, 2.45) is 0 Å². The Hall–Kier alpha value is 0.1000. The molecule has 1 fully saturated rings. The number of aliphatic hydroxyl groups is 1. The fraction of sp³-hybridized carbons (Fsp3) is 0.636. The topological polar surface area (TPSA) is 29.5 Å². The van der Waals surface area contributed by atoms with Crippen LogP contribution in [0.15, 0.2) is 15.9 Å². The highest BCUT2D eigenvalue weighted by atomic mass is 79.9. The first-order valence-electron chi connectivity index (χ1n) is 5.14. The summed E-state index contributed by atoms with van der Waals surface area (Å²) in [5, 5.41) is 10.1. The summed E-state index contributed by atoms with van der Waals surface area (Å²) in [6, 6.07) is 3.95. The van der Waals surface area contributed by atoms with Crippen molar-refractivity contribution in [2.75, 3.05) is 7.11 Å². The molecule has 0 amide bonds. The molecule has 1 atom stereocenters. The van der Waals surface area contributed by atoms with E-state index in [1.807, 2.05) is 12.1 Å². The van der Waals surface area contributed by atoms with Crippen molar-refractivity contribution in [3.63, 3.8) is 0 Å². The van der Waals surface area contributed by atoms with Gasteiger partial charge in [0.05, 0.1) is 15.5 Å². The van der Waals surface area contributed by atoms with Crippen LogP contribution in [0.3, 0.4) is 0 Å². The summed E-state index contributed by atoms with van der Waals surface area (Å²) < 4.78 is 6.57. The average Bonchev–Trinajstić information content (AvgIpc) is 2.58. The molecule has 1 aliphatic rings. The predicted octanol–water partition coefficient (Wildman–Crippen LogP) is 3.50. The van der Waals surface area contributed by atoms with Gasteiger partial charge in [0.15, 0.2) is 0 Å². The first-order valence-corrected chi connectivity index (χ1v) is 6.75. The van der Waals surface area contributed by atoms with E-state index in [1.54, 1.807) is 18.4 Å². The molecule has 2 rings (SSSR count). The van der Waals surface area contributed by atoms with E-state index in [0.717, 1.165) is 27.9 Å². The van der Waals surface area contributed by atoms with Crippen molar-refractivity contribution in [2.45, 2.75) is 37.4 Å². The van der Waals surface area contributed by atoms with Crippen LogP contribution in [-0.2, 0) is 4.74 Å². The maximum atomic E-state index is 10.1. The molecule has 0 bridgehead atoms. The van der Waals surface area contributed by atoms with E-state index in [1.165, 1.54) is 6.42 Å². The molecule has 4 heteroatoms. The Bertz CT molecular complexity index is 328. The smallest absolute Gasteiger partial charge is 0.0909 e. The first kappa shape index (κ1) is 11.6. The summed E-state index contributed by atoms with van der Waals surface area (Å²) >= 11 is 5.00. The Labute approximate surface area is 102 Å². The molecule has 0 aliphatic heterocycles. The van der Waals surface area contributed by atoms with Crippen LogP contribution in [0.4, 0.5) is 0 Å². The van der Waals surface area contributed by atoms with E-state index >= 15 is 0 Å². The standard InChI is InChI=1S/C11H15BrO2S/c1-14-11(5-2-6-11)7-8(13)9-3-4-10(12)15-9/h3-4,8,13H,2,5-7H2,1H3. The van der Waals surface area contributed by atoms with E-state index in [0.29, 0.717) is 0 Å². The van der Waals surface area contributed by atoms with Crippen LogP contribution in [-0.4, -0.2) is 17.8 Å². The van der Waals surface area contributed by atoms with Gasteiger partial charge in [0.1, 0.15) is 0 Å². The van der Waals surface area contributed by atoms with Crippen LogP contribution in [0.25, 0.3) is 0 Å². The highest BCUT2D eigenvalue weighted by Crippen LogP contribution is 2.43. The van der Waals surface area contributed by atoms with Gasteiger partial charge in [0.2, 0.25) is 0 Å². The molecule has 1 aromatic heterocycles. The monoisotopic (exact) mass is 290 g/mol. The Morgan fingerprint density at radius 3 is 2.73 bits per heavy atom. The summed E-state index contributed by atoms with van der Waals surface area (Å²) in [5.41, 5.74) is -0.0596. The van der Waals surface area contributed by atoms with Gasteiger partial charge >= 0.3 is 0 Å². The zero-order chi connectivity index (χ0) is 10.9. The van der Waals surface area contributed by atoms with Crippen molar-refractivity contribution in [3.8, 4) is 0 Å². The van der Waals surface area contributed by atoms with Crippen LogP contribution < -0.4 is 0 Å². The molecule has 15 heavy (non-hydrogen) atoms. The molecule has 1 aliphatic carbocycles. The van der Waals surface area contributed by atoms with Crippen LogP contribution in [0.5, 0.6) is 0 Å². The van der Waals surface area contributed by atoms with Gasteiger partial charge in [-0.1, -0.05) is 0 Å². The molecule has 1 unspecified atom stereocenters. The number of rotatable bonds is 4. The summed E-state index contributed by atoms with van der Waals surface area (Å²) in [6.07, 6.45) is 3.70. The van der Waals surface area contributed by atoms with E-state index in [-0.39, 0.29) is 11.7 Å². The maximum Gasteiger partial charge on any atom is 0.0909 e. The summed E-state index contributed by atoms with van der Waals surface area (Å²) in [6.45, 7) is 0. The second-order valence-corrected chi connectivity index (χ2v) is 6.60. The average molecular weight is 291 g/mol. The van der Waals surface area contributed by atoms with E-state index in [9.17, 15) is 5.11 Å². The molecule has 2 nitrogen and oxygen atoms in total. The molecule has 0 aromatic carbocycles. The van der Waals surface area contributed by atoms with Crippen LogP contribution >= 0.6 is 27.3 Å². The molecular weight excluding hydrogens is 276 g/mol. The fourth-order valence-corrected chi connectivity index (χ4v) is 3.43. The lowest BCUT2D eigenvalue weighted by Gasteiger charge is -2.41. The summed E-state index contributed by atoms with van der Waals surface area (Å²) in [4.78, 5) is 1.02. The normalized spacial score (nSPS) is 21.0. The van der Waals surface area contributed by atoms with Crippen LogP contribution in [0, 0.1) is 0 Å². The number of aliphatic hydroxyl groups excluding tert-OH is 1. The second kappa shape index (κ2) is 4.53. The number of ether oxygens (including phenoxy) is 1. The van der Waals surface area contributed by atoms with Gasteiger partial charge in [0, 0.05) is 18.4 Å². The van der Waals surface area contributed by atoms with Crippen molar-refractivity contribution in [3.05, 3.63) is 20.8 Å². The largest absolute Gasteiger partial charge is 0.387 e. The third-order valence-corrected chi connectivity index (χ3v) is 4.91. The molecule has 1 saturated carbocycles. The molecular formula is C11H15BrO2S. The van der Waals surface area contributed by atoms with E-state index < -0.39 is 0 Å². The van der Waals surface area contributed by atoms with Gasteiger partial charge in [-0.3, -0.25) is 0 Å². The van der Waals surface area contributed by atoms with Crippen molar-refractivity contribution in [1.82, 2.24) is 0 Å². The number of thiophene rings is 1. The zero-order valence-electron chi connectivity index (χ0n) is 8.70. The highest BCUT2D eigenvalue weighted by molar-refractivity contribution is 9.11. The van der Waals surface area contributed by atoms with Gasteiger partial charge in [-0.25, -0.2) is 0 Å². The Kier molecular flexibility index (Phi) is 3.50. The number of methoxy groups -OCH3 is 1. The summed E-state index contributed by atoms with van der Waals surface area (Å²) in [7, 11) is 1.75. The van der Waals surface area contributed by atoms with Crippen molar-refractivity contribution < 1.29 is 9.84 Å². The van der Waals surface area contributed by atoms with Crippen LogP contribution in [0.1, 0.15) is 36.7 Å². The Morgan fingerprint density at radius 2 is 2.33 bits per heavy atom. The van der Waals surface area contributed by atoms with Crippen molar-refractivity contribution >= 4 is 27.3 Å². The predicted molar refractivity (Wildman–Crippen MR) is 65.2 cm³/mol. The quantitative estimate of drug-likeness (QED) is 0.920. The number of hydrogen-bond acceptors (Lipinski definition) is 3. The second-order valence-electron chi connectivity index (χ2n) is 4.10. The lowest BCUT2D eigenvalue weighted by Crippen LogP contribution is -2.40. The third kappa shape index (κ3) is 2.44. The molecule has 0 spiro atoms.